The predicted octanol–water partition coefficient (Wildman–Crippen LogP) is 1.86. The monoisotopic (exact) mass is 249 g/mol. The van der Waals surface area contributed by atoms with E-state index in [1.807, 2.05) is 31.7 Å². The molecule has 0 amide bonds. The smallest absolute Gasteiger partial charge is 0.326 e. The minimum absolute atomic E-state index is 0.267. The van der Waals surface area contributed by atoms with E-state index in [1.165, 1.54) is 0 Å². The number of aromatic nitrogens is 2. The molecule has 5 heteroatoms. The largest absolute Gasteiger partial charge is 0.480 e. The van der Waals surface area contributed by atoms with E-state index in [2.05, 4.69) is 9.97 Å². The molecule has 0 aromatic carbocycles. The van der Waals surface area contributed by atoms with Gasteiger partial charge in [0.15, 0.2) is 0 Å². The Kier molecular flexibility index (Phi) is 3.24. The lowest BCUT2D eigenvalue weighted by Crippen LogP contribution is -2.55. The Balaban J connectivity index is 2.38. The molecule has 1 aliphatic heterocycles. The highest BCUT2D eigenvalue weighted by Crippen LogP contribution is 2.36. The van der Waals surface area contributed by atoms with Crippen molar-refractivity contribution in [3.8, 4) is 0 Å². The zero-order chi connectivity index (χ0) is 13.3. The van der Waals surface area contributed by atoms with Crippen LogP contribution in [-0.4, -0.2) is 33.6 Å². The molecule has 2 rings (SSSR count). The number of piperidine rings is 1. The number of rotatable bonds is 2. The van der Waals surface area contributed by atoms with E-state index in [0.717, 1.165) is 18.5 Å². The summed E-state index contributed by atoms with van der Waals surface area (Å²) in [5, 5.41) is 9.48. The summed E-state index contributed by atoms with van der Waals surface area (Å²) in [6.45, 7) is 6.57. The Morgan fingerprint density at radius 3 is 2.89 bits per heavy atom. The number of carboxylic acids is 1. The summed E-state index contributed by atoms with van der Waals surface area (Å²) < 4.78 is 0. The molecule has 1 atom stereocenters. The summed E-state index contributed by atoms with van der Waals surface area (Å²) in [6.07, 6.45) is 3.55. The molecule has 5 nitrogen and oxygen atoms in total. The first-order valence-electron chi connectivity index (χ1n) is 6.21. The lowest BCUT2D eigenvalue weighted by atomic mass is 9.76. The Hall–Kier alpha value is -1.65. The molecular weight excluding hydrogens is 230 g/mol. The molecule has 0 radical (unpaired) electrons. The van der Waals surface area contributed by atoms with Gasteiger partial charge in [-0.2, -0.15) is 0 Å². The number of carbonyl (C=O) groups is 1. The summed E-state index contributed by atoms with van der Waals surface area (Å²) in [6, 6.07) is 1.25. The summed E-state index contributed by atoms with van der Waals surface area (Å²) in [5.74, 6) is -0.278. The molecule has 1 N–H and O–H groups in total. The van der Waals surface area contributed by atoms with Crippen LogP contribution >= 0.6 is 0 Å². The van der Waals surface area contributed by atoms with Crippen LogP contribution in [0.15, 0.2) is 12.3 Å². The number of nitrogens with zero attached hydrogens (tertiary/aromatic N) is 3. The highest BCUT2D eigenvalue weighted by atomic mass is 16.4. The summed E-state index contributed by atoms with van der Waals surface area (Å²) in [4.78, 5) is 21.9. The Bertz CT molecular complexity index is 459. The molecule has 1 aromatic heterocycles. The molecular formula is C13H19N3O2. The number of anilines is 1. The van der Waals surface area contributed by atoms with Gasteiger partial charge in [0, 0.05) is 18.4 Å². The first-order valence-corrected chi connectivity index (χ1v) is 6.21. The summed E-state index contributed by atoms with van der Waals surface area (Å²) >= 11 is 0. The number of hydrogen-bond donors (Lipinski definition) is 1. The molecule has 1 unspecified atom stereocenters. The van der Waals surface area contributed by atoms with Crippen molar-refractivity contribution in [3.63, 3.8) is 0 Å². The number of carboxylic acid groups (broad SMARTS) is 1. The van der Waals surface area contributed by atoms with Gasteiger partial charge in [-0.15, -0.1) is 0 Å². The van der Waals surface area contributed by atoms with Crippen molar-refractivity contribution in [2.75, 3.05) is 11.4 Å². The minimum Gasteiger partial charge on any atom is -0.480 e. The van der Waals surface area contributed by atoms with Gasteiger partial charge in [-0.1, -0.05) is 13.8 Å². The zero-order valence-electron chi connectivity index (χ0n) is 11.1. The third-order valence-corrected chi connectivity index (χ3v) is 3.54. The molecule has 1 aliphatic rings. The Morgan fingerprint density at radius 1 is 1.56 bits per heavy atom. The standard InChI is InChI=1S/C13H19N3O2/c1-9-5-7-14-12(15-9)16-8-4-6-13(2,3)10(16)11(17)18/h5,7,10H,4,6,8H2,1-3H3,(H,17,18). The van der Waals surface area contributed by atoms with Crippen molar-refractivity contribution >= 4 is 11.9 Å². The number of aryl methyl sites for hydroxylation is 1. The molecule has 0 aliphatic carbocycles. The first kappa shape index (κ1) is 12.8. The first-order chi connectivity index (χ1) is 8.42. The van der Waals surface area contributed by atoms with Crippen molar-refractivity contribution in [3.05, 3.63) is 18.0 Å². The van der Waals surface area contributed by atoms with Gasteiger partial charge in [-0.25, -0.2) is 14.8 Å². The molecule has 0 bridgehead atoms. The molecule has 18 heavy (non-hydrogen) atoms. The maximum absolute atomic E-state index is 11.5. The van der Waals surface area contributed by atoms with E-state index in [9.17, 15) is 9.90 Å². The van der Waals surface area contributed by atoms with Gasteiger partial charge in [0.25, 0.3) is 0 Å². The van der Waals surface area contributed by atoms with Crippen molar-refractivity contribution in [1.82, 2.24) is 9.97 Å². The molecule has 1 saturated heterocycles. The van der Waals surface area contributed by atoms with Crippen LogP contribution in [0.25, 0.3) is 0 Å². The normalized spacial score (nSPS) is 22.8. The summed E-state index contributed by atoms with van der Waals surface area (Å²) in [7, 11) is 0. The predicted molar refractivity (Wildman–Crippen MR) is 68.6 cm³/mol. The fourth-order valence-corrected chi connectivity index (χ4v) is 2.65. The highest BCUT2D eigenvalue weighted by molar-refractivity contribution is 5.78. The Morgan fingerprint density at radius 2 is 2.28 bits per heavy atom. The van der Waals surface area contributed by atoms with Crippen LogP contribution in [0.3, 0.4) is 0 Å². The average molecular weight is 249 g/mol. The SMILES string of the molecule is Cc1ccnc(N2CCCC(C)(C)C2C(=O)O)n1. The van der Waals surface area contributed by atoms with Gasteiger partial charge in [0.1, 0.15) is 6.04 Å². The van der Waals surface area contributed by atoms with Crippen molar-refractivity contribution in [2.45, 2.75) is 39.7 Å². The lowest BCUT2D eigenvalue weighted by molar-refractivity contribution is -0.142. The van der Waals surface area contributed by atoms with E-state index in [0.29, 0.717) is 12.5 Å². The third kappa shape index (κ3) is 2.30. The van der Waals surface area contributed by atoms with E-state index in [4.69, 9.17) is 0 Å². The second-order valence-corrected chi connectivity index (χ2v) is 5.52. The minimum atomic E-state index is -0.801. The molecule has 0 spiro atoms. The van der Waals surface area contributed by atoms with Crippen LogP contribution in [0.1, 0.15) is 32.4 Å². The molecule has 1 aromatic rings. The summed E-state index contributed by atoms with van der Waals surface area (Å²) in [5.41, 5.74) is 0.588. The molecule has 1 fully saturated rings. The van der Waals surface area contributed by atoms with E-state index in [-0.39, 0.29) is 5.41 Å². The topological polar surface area (TPSA) is 66.3 Å². The van der Waals surface area contributed by atoms with Crippen LogP contribution in [0.2, 0.25) is 0 Å². The third-order valence-electron chi connectivity index (χ3n) is 3.54. The molecule has 2 heterocycles. The van der Waals surface area contributed by atoms with Gasteiger partial charge in [-0.05, 0) is 31.2 Å². The average Bonchev–Trinajstić information content (AvgIpc) is 2.26. The Labute approximate surface area is 107 Å². The van der Waals surface area contributed by atoms with Crippen LogP contribution in [-0.2, 0) is 4.79 Å². The van der Waals surface area contributed by atoms with Crippen molar-refractivity contribution < 1.29 is 9.90 Å². The van der Waals surface area contributed by atoms with Gasteiger partial charge in [0.2, 0.25) is 5.95 Å². The van der Waals surface area contributed by atoms with E-state index >= 15 is 0 Å². The fraction of sp³-hybridized carbons (Fsp3) is 0.615. The zero-order valence-corrected chi connectivity index (χ0v) is 11.1. The molecule has 0 saturated carbocycles. The van der Waals surface area contributed by atoms with Crippen LogP contribution < -0.4 is 4.90 Å². The van der Waals surface area contributed by atoms with Crippen LogP contribution in [0, 0.1) is 12.3 Å². The fourth-order valence-electron chi connectivity index (χ4n) is 2.65. The van der Waals surface area contributed by atoms with Gasteiger partial charge in [0.05, 0.1) is 0 Å². The molecule has 98 valence electrons. The van der Waals surface area contributed by atoms with E-state index < -0.39 is 12.0 Å². The van der Waals surface area contributed by atoms with E-state index in [1.54, 1.807) is 6.20 Å². The van der Waals surface area contributed by atoms with Crippen molar-refractivity contribution in [2.24, 2.45) is 5.41 Å². The van der Waals surface area contributed by atoms with Crippen LogP contribution in [0.4, 0.5) is 5.95 Å². The highest BCUT2D eigenvalue weighted by Gasteiger charge is 2.43. The quantitative estimate of drug-likeness (QED) is 0.866. The maximum Gasteiger partial charge on any atom is 0.326 e. The van der Waals surface area contributed by atoms with Gasteiger partial charge >= 0.3 is 5.97 Å². The lowest BCUT2D eigenvalue weighted by Gasteiger charge is -2.43. The van der Waals surface area contributed by atoms with Gasteiger partial charge < -0.3 is 10.0 Å². The maximum atomic E-state index is 11.5. The van der Waals surface area contributed by atoms with Crippen LogP contribution in [0.5, 0.6) is 0 Å². The van der Waals surface area contributed by atoms with Crippen molar-refractivity contribution in [1.29, 1.82) is 0 Å². The second-order valence-electron chi connectivity index (χ2n) is 5.52. The number of hydrogen-bond acceptors (Lipinski definition) is 4. The van der Waals surface area contributed by atoms with Gasteiger partial charge in [-0.3, -0.25) is 0 Å². The second kappa shape index (κ2) is 4.55. The number of aliphatic carboxylic acids is 1.